The highest BCUT2D eigenvalue weighted by Crippen LogP contribution is 2.19. The maximum absolute atomic E-state index is 12.0. The molecule has 1 aliphatic rings. The first-order chi connectivity index (χ1) is 11.6. The van der Waals surface area contributed by atoms with Crippen LogP contribution in [0.15, 0.2) is 54.6 Å². The molecule has 0 atom stereocenters. The fourth-order valence-corrected chi connectivity index (χ4v) is 2.63. The normalized spacial score (nSPS) is 13.8. The lowest BCUT2D eigenvalue weighted by molar-refractivity contribution is -0.143. The van der Waals surface area contributed by atoms with Gasteiger partial charge in [-0.2, -0.15) is 0 Å². The van der Waals surface area contributed by atoms with E-state index in [0.717, 1.165) is 16.0 Å². The molecule has 0 N–H and O–H groups in total. The van der Waals surface area contributed by atoms with Gasteiger partial charge in [-0.15, -0.1) is 0 Å². The van der Waals surface area contributed by atoms with Crippen LogP contribution in [0.2, 0.25) is 0 Å². The Morgan fingerprint density at radius 3 is 2.25 bits per heavy atom. The largest absolute Gasteiger partial charge is 0.452 e. The predicted molar refractivity (Wildman–Crippen MR) is 88.1 cm³/mol. The lowest BCUT2D eigenvalue weighted by atomic mass is 10.0. The summed E-state index contributed by atoms with van der Waals surface area (Å²) in [7, 11) is 0. The summed E-state index contributed by atoms with van der Waals surface area (Å²) in [6.07, 6.45) is 1.04. The predicted octanol–water partition coefficient (Wildman–Crippen LogP) is 2.66. The van der Waals surface area contributed by atoms with Gasteiger partial charge in [0.25, 0.3) is 5.91 Å². The van der Waals surface area contributed by atoms with Crippen molar-refractivity contribution >= 4 is 17.8 Å². The van der Waals surface area contributed by atoms with E-state index in [1.165, 1.54) is 0 Å². The smallest absolute Gasteiger partial charge is 0.338 e. The van der Waals surface area contributed by atoms with Crippen LogP contribution in [0.1, 0.15) is 23.2 Å². The molecule has 0 aromatic heterocycles. The summed E-state index contributed by atoms with van der Waals surface area (Å²) in [5.74, 6) is -1.25. The Labute approximate surface area is 139 Å². The Morgan fingerprint density at radius 1 is 0.958 bits per heavy atom. The van der Waals surface area contributed by atoms with E-state index >= 15 is 0 Å². The van der Waals surface area contributed by atoms with Crippen molar-refractivity contribution in [3.8, 4) is 11.1 Å². The van der Waals surface area contributed by atoms with Gasteiger partial charge in [0.15, 0.2) is 6.61 Å². The van der Waals surface area contributed by atoms with E-state index in [0.29, 0.717) is 24.9 Å². The minimum absolute atomic E-state index is 0.205. The van der Waals surface area contributed by atoms with Gasteiger partial charge in [-0.05, 0) is 29.7 Å². The second-order valence-corrected chi connectivity index (χ2v) is 5.56. The van der Waals surface area contributed by atoms with Crippen LogP contribution in [0, 0.1) is 0 Å². The third-order valence-corrected chi connectivity index (χ3v) is 3.93. The van der Waals surface area contributed by atoms with E-state index in [1.807, 2.05) is 42.5 Å². The molecule has 5 nitrogen and oxygen atoms in total. The number of likely N-dealkylation sites (tertiary alicyclic amines) is 1. The number of esters is 1. The van der Waals surface area contributed by atoms with E-state index in [2.05, 4.69) is 0 Å². The first-order valence-corrected chi connectivity index (χ1v) is 7.81. The van der Waals surface area contributed by atoms with Gasteiger partial charge in [-0.3, -0.25) is 14.5 Å². The number of carbonyl (C=O) groups excluding carboxylic acids is 3. The van der Waals surface area contributed by atoms with Gasteiger partial charge in [0.05, 0.1) is 5.56 Å². The lowest BCUT2D eigenvalue weighted by Crippen LogP contribution is -2.35. The molecule has 0 unspecified atom stereocenters. The maximum Gasteiger partial charge on any atom is 0.338 e. The van der Waals surface area contributed by atoms with E-state index in [1.54, 1.807) is 12.1 Å². The number of nitrogens with zero attached hydrogens (tertiary/aromatic N) is 1. The quantitative estimate of drug-likeness (QED) is 0.812. The number of imide groups is 1. The average Bonchev–Trinajstić information content (AvgIpc) is 3.06. The zero-order chi connectivity index (χ0) is 16.9. The molecule has 0 bridgehead atoms. The van der Waals surface area contributed by atoms with Crippen LogP contribution in [-0.2, 0) is 14.3 Å². The summed E-state index contributed by atoms with van der Waals surface area (Å²) in [6, 6.07) is 16.8. The van der Waals surface area contributed by atoms with Crippen LogP contribution in [0.4, 0.5) is 0 Å². The number of rotatable bonds is 4. The van der Waals surface area contributed by atoms with Crippen LogP contribution in [0.25, 0.3) is 11.1 Å². The number of amides is 2. The molecule has 2 amide bonds. The Kier molecular flexibility index (Phi) is 4.70. The lowest BCUT2D eigenvalue weighted by Gasteiger charge is -2.13. The molecule has 1 fully saturated rings. The molecular weight excluding hydrogens is 306 g/mol. The van der Waals surface area contributed by atoms with Crippen molar-refractivity contribution < 1.29 is 19.1 Å². The van der Waals surface area contributed by atoms with Crippen LogP contribution in [0.5, 0.6) is 0 Å². The van der Waals surface area contributed by atoms with Crippen molar-refractivity contribution in [2.24, 2.45) is 0 Å². The molecule has 2 aromatic rings. The molecule has 24 heavy (non-hydrogen) atoms. The summed E-state index contributed by atoms with van der Waals surface area (Å²) in [5, 5.41) is 0. The van der Waals surface area contributed by atoms with Gasteiger partial charge < -0.3 is 4.74 Å². The van der Waals surface area contributed by atoms with Crippen LogP contribution in [-0.4, -0.2) is 35.8 Å². The van der Waals surface area contributed by atoms with Gasteiger partial charge in [0.1, 0.15) is 0 Å². The van der Waals surface area contributed by atoms with Gasteiger partial charge in [-0.25, -0.2) is 4.79 Å². The second kappa shape index (κ2) is 7.08. The van der Waals surface area contributed by atoms with Crippen molar-refractivity contribution in [2.45, 2.75) is 12.8 Å². The summed E-state index contributed by atoms with van der Waals surface area (Å²) in [6.45, 7) is -0.00794. The highest BCUT2D eigenvalue weighted by Gasteiger charge is 2.27. The van der Waals surface area contributed by atoms with E-state index in [-0.39, 0.29) is 5.91 Å². The Morgan fingerprint density at radius 2 is 1.62 bits per heavy atom. The average molecular weight is 323 g/mol. The molecule has 122 valence electrons. The molecule has 2 aromatic carbocycles. The number of hydrogen-bond donors (Lipinski definition) is 0. The molecular formula is C19H17NO4. The molecule has 0 aliphatic carbocycles. The highest BCUT2D eigenvalue weighted by atomic mass is 16.5. The standard InChI is InChI=1S/C19H17NO4/c21-17-7-4-12-20(17)18(22)13-24-19(23)16-10-8-15(9-11-16)14-5-2-1-3-6-14/h1-3,5-6,8-11H,4,7,12-13H2. The van der Waals surface area contributed by atoms with Crippen LogP contribution >= 0.6 is 0 Å². The van der Waals surface area contributed by atoms with Crippen molar-refractivity contribution in [3.05, 3.63) is 60.2 Å². The SMILES string of the molecule is O=C(OCC(=O)N1CCCC1=O)c1ccc(-c2ccccc2)cc1. The molecule has 1 heterocycles. The minimum Gasteiger partial charge on any atom is -0.452 e. The van der Waals surface area contributed by atoms with E-state index in [9.17, 15) is 14.4 Å². The van der Waals surface area contributed by atoms with Crippen LogP contribution < -0.4 is 0 Å². The van der Waals surface area contributed by atoms with E-state index < -0.39 is 18.5 Å². The minimum atomic E-state index is -0.574. The fraction of sp³-hybridized carbons (Fsp3) is 0.211. The third kappa shape index (κ3) is 3.51. The van der Waals surface area contributed by atoms with Crippen molar-refractivity contribution in [1.82, 2.24) is 4.90 Å². The first kappa shape index (κ1) is 15.9. The number of benzene rings is 2. The zero-order valence-corrected chi connectivity index (χ0v) is 13.1. The summed E-state index contributed by atoms with van der Waals surface area (Å²) in [5.41, 5.74) is 2.42. The molecule has 0 radical (unpaired) electrons. The zero-order valence-electron chi connectivity index (χ0n) is 13.1. The Hall–Kier alpha value is -2.95. The first-order valence-electron chi connectivity index (χ1n) is 7.81. The topological polar surface area (TPSA) is 63.7 Å². The molecule has 1 saturated heterocycles. The van der Waals surface area contributed by atoms with Crippen molar-refractivity contribution in [2.75, 3.05) is 13.2 Å². The number of carbonyl (C=O) groups is 3. The van der Waals surface area contributed by atoms with Crippen molar-refractivity contribution in [1.29, 1.82) is 0 Å². The van der Waals surface area contributed by atoms with Gasteiger partial charge >= 0.3 is 5.97 Å². The molecule has 1 aliphatic heterocycles. The molecule has 3 rings (SSSR count). The fourth-order valence-electron chi connectivity index (χ4n) is 2.63. The Bertz CT molecular complexity index is 753. The number of ether oxygens (including phenoxy) is 1. The number of hydrogen-bond acceptors (Lipinski definition) is 4. The summed E-state index contributed by atoms with van der Waals surface area (Å²) < 4.78 is 5.01. The monoisotopic (exact) mass is 323 g/mol. The maximum atomic E-state index is 12.0. The van der Waals surface area contributed by atoms with Gasteiger partial charge in [0, 0.05) is 13.0 Å². The summed E-state index contributed by atoms with van der Waals surface area (Å²) >= 11 is 0. The molecule has 0 saturated carbocycles. The van der Waals surface area contributed by atoms with Gasteiger partial charge in [0.2, 0.25) is 5.91 Å². The third-order valence-electron chi connectivity index (χ3n) is 3.93. The second-order valence-electron chi connectivity index (χ2n) is 5.56. The Balaban J connectivity index is 1.59. The summed E-state index contributed by atoms with van der Waals surface area (Å²) in [4.78, 5) is 36.5. The van der Waals surface area contributed by atoms with Gasteiger partial charge in [-0.1, -0.05) is 42.5 Å². The van der Waals surface area contributed by atoms with E-state index in [4.69, 9.17) is 4.74 Å². The van der Waals surface area contributed by atoms with Crippen molar-refractivity contribution in [3.63, 3.8) is 0 Å². The molecule has 0 spiro atoms. The highest BCUT2D eigenvalue weighted by molar-refractivity contribution is 5.98. The molecule has 5 heteroatoms. The van der Waals surface area contributed by atoms with Crippen LogP contribution in [0.3, 0.4) is 0 Å².